The molecule has 0 aliphatic heterocycles. The zero-order valence-corrected chi connectivity index (χ0v) is 11.2. The molecular weight excluding hydrogens is 303 g/mol. The third-order valence-corrected chi connectivity index (χ3v) is 5.00. The fourth-order valence-electron chi connectivity index (χ4n) is 1.60. The van der Waals surface area contributed by atoms with Gasteiger partial charge >= 0.3 is 5.51 Å². The Morgan fingerprint density at radius 2 is 1.74 bits per heavy atom. The maximum atomic E-state index is 12.3. The van der Waals surface area contributed by atoms with Crippen molar-refractivity contribution in [2.75, 3.05) is 11.2 Å². The van der Waals surface area contributed by atoms with Gasteiger partial charge in [-0.1, -0.05) is 0 Å². The second kappa shape index (κ2) is 4.56. The highest BCUT2D eigenvalue weighted by molar-refractivity contribution is 7.92. The van der Waals surface area contributed by atoms with Crippen molar-refractivity contribution >= 4 is 27.1 Å². The van der Waals surface area contributed by atoms with E-state index in [0.717, 1.165) is 25.0 Å². The summed E-state index contributed by atoms with van der Waals surface area (Å²) in [7, 11) is -5.28. The summed E-state index contributed by atoms with van der Waals surface area (Å²) in [5, 5.41) is 3.09. The van der Waals surface area contributed by atoms with Crippen LogP contribution in [0.5, 0.6) is 0 Å². The fourth-order valence-corrected chi connectivity index (χ4v) is 2.70. The van der Waals surface area contributed by atoms with E-state index in [-0.39, 0.29) is 5.54 Å². The van der Waals surface area contributed by atoms with Gasteiger partial charge in [-0.2, -0.15) is 13.2 Å². The Morgan fingerprint density at radius 3 is 2.11 bits per heavy atom. The normalized spacial score (nSPS) is 18.1. The summed E-state index contributed by atoms with van der Waals surface area (Å²) in [6.45, 7) is 0. The first kappa shape index (κ1) is 14.5. The first-order valence-corrected chi connectivity index (χ1v) is 7.48. The quantitative estimate of drug-likeness (QED) is 0.869. The van der Waals surface area contributed by atoms with E-state index in [1.807, 2.05) is 0 Å². The zero-order chi connectivity index (χ0) is 14.3. The Labute approximate surface area is 113 Å². The molecule has 1 N–H and O–H groups in total. The van der Waals surface area contributed by atoms with Crippen LogP contribution < -0.4 is 5.32 Å². The number of hydrogen-bond donors (Lipinski definition) is 1. The first-order valence-electron chi connectivity index (χ1n) is 5.46. The number of nitrogens with one attached hydrogen (secondary N) is 1. The van der Waals surface area contributed by atoms with Crippen LogP contribution in [0.1, 0.15) is 12.8 Å². The van der Waals surface area contributed by atoms with Crippen LogP contribution in [0.3, 0.4) is 0 Å². The van der Waals surface area contributed by atoms with Crippen LogP contribution in [-0.4, -0.2) is 25.3 Å². The second-order valence-electron chi connectivity index (χ2n) is 4.51. The topological polar surface area (TPSA) is 46.2 Å². The van der Waals surface area contributed by atoms with Gasteiger partial charge in [0.15, 0.2) is 0 Å². The first-order chi connectivity index (χ1) is 8.70. The van der Waals surface area contributed by atoms with Gasteiger partial charge in [-0.05, 0) is 37.1 Å². The molecule has 19 heavy (non-hydrogen) atoms. The lowest BCUT2D eigenvalue weighted by molar-refractivity contribution is -0.0436. The molecule has 1 aromatic rings. The predicted molar refractivity (Wildman–Crippen MR) is 66.0 cm³/mol. The number of alkyl halides is 4. The molecule has 8 heteroatoms. The molecule has 2 rings (SSSR count). The molecule has 0 spiro atoms. The fraction of sp³-hybridized carbons (Fsp3) is 0.455. The number of halogens is 4. The van der Waals surface area contributed by atoms with Gasteiger partial charge in [-0.3, -0.25) is 0 Å². The third kappa shape index (κ3) is 2.81. The van der Waals surface area contributed by atoms with E-state index >= 15 is 0 Å². The number of hydrogen-bond acceptors (Lipinski definition) is 3. The van der Waals surface area contributed by atoms with E-state index in [9.17, 15) is 21.6 Å². The molecule has 0 radical (unpaired) electrons. The molecule has 0 heterocycles. The highest BCUT2D eigenvalue weighted by Crippen LogP contribution is 2.40. The molecule has 0 saturated heterocycles. The van der Waals surface area contributed by atoms with Gasteiger partial charge in [0.1, 0.15) is 0 Å². The van der Waals surface area contributed by atoms with Crippen molar-refractivity contribution < 1.29 is 21.6 Å². The summed E-state index contributed by atoms with van der Waals surface area (Å²) >= 11 is 5.76. The Hall–Kier alpha value is -0.950. The Bertz CT molecular complexity index is 565. The minimum absolute atomic E-state index is 0.202. The highest BCUT2D eigenvalue weighted by atomic mass is 35.5. The predicted octanol–water partition coefficient (Wildman–Crippen LogP) is 3.16. The van der Waals surface area contributed by atoms with Crippen LogP contribution in [0, 0.1) is 0 Å². The van der Waals surface area contributed by atoms with Gasteiger partial charge in [-0.25, -0.2) is 8.42 Å². The molecule has 106 valence electrons. The summed E-state index contributed by atoms with van der Waals surface area (Å²) in [4.78, 5) is -0.763. The summed E-state index contributed by atoms with van der Waals surface area (Å²) in [6.07, 6.45) is 1.78. The van der Waals surface area contributed by atoms with Crippen molar-refractivity contribution in [3.63, 3.8) is 0 Å². The largest absolute Gasteiger partial charge is 0.501 e. The summed E-state index contributed by atoms with van der Waals surface area (Å²) in [5.41, 5.74) is -4.93. The van der Waals surface area contributed by atoms with Gasteiger partial charge in [-0.15, -0.1) is 11.6 Å². The van der Waals surface area contributed by atoms with Crippen molar-refractivity contribution in [2.45, 2.75) is 28.8 Å². The molecule has 0 aromatic heterocycles. The molecule has 0 unspecified atom stereocenters. The smallest absolute Gasteiger partial charge is 0.378 e. The van der Waals surface area contributed by atoms with Crippen LogP contribution in [-0.2, 0) is 9.84 Å². The second-order valence-corrected chi connectivity index (χ2v) is 6.72. The standard InChI is InChI=1S/C11H11ClF3NO2S/c12-7-10(5-6-10)16-8-1-3-9(4-2-8)19(17,18)11(13,14)15/h1-4,16H,5-7H2. The van der Waals surface area contributed by atoms with Gasteiger partial charge in [0, 0.05) is 11.6 Å². The van der Waals surface area contributed by atoms with Crippen LogP contribution in [0.4, 0.5) is 18.9 Å². The monoisotopic (exact) mass is 313 g/mol. The Kier molecular flexibility index (Phi) is 3.47. The van der Waals surface area contributed by atoms with Gasteiger partial charge < -0.3 is 5.32 Å². The number of benzene rings is 1. The average molecular weight is 314 g/mol. The van der Waals surface area contributed by atoms with E-state index in [1.165, 1.54) is 12.1 Å². The molecular formula is C11H11ClF3NO2S. The molecule has 0 atom stereocenters. The molecule has 1 aromatic carbocycles. The molecule has 0 bridgehead atoms. The van der Waals surface area contributed by atoms with Crippen LogP contribution in [0.15, 0.2) is 29.2 Å². The van der Waals surface area contributed by atoms with Gasteiger partial charge in [0.2, 0.25) is 0 Å². The van der Waals surface area contributed by atoms with E-state index in [0.29, 0.717) is 11.6 Å². The van der Waals surface area contributed by atoms with Crippen molar-refractivity contribution in [1.29, 1.82) is 0 Å². The summed E-state index contributed by atoms with van der Waals surface area (Å²) < 4.78 is 59.3. The lowest BCUT2D eigenvalue weighted by Crippen LogP contribution is -2.24. The Morgan fingerprint density at radius 1 is 1.21 bits per heavy atom. The van der Waals surface area contributed by atoms with Crippen molar-refractivity contribution in [3.05, 3.63) is 24.3 Å². The third-order valence-electron chi connectivity index (χ3n) is 2.99. The van der Waals surface area contributed by atoms with Crippen LogP contribution in [0.25, 0.3) is 0 Å². The van der Waals surface area contributed by atoms with E-state index in [4.69, 9.17) is 11.6 Å². The van der Waals surface area contributed by atoms with Crippen LogP contribution >= 0.6 is 11.6 Å². The summed E-state index contributed by atoms with van der Waals surface area (Å²) in [6, 6.07) is 4.50. The van der Waals surface area contributed by atoms with E-state index in [2.05, 4.69) is 5.32 Å². The molecule has 1 aliphatic carbocycles. The lowest BCUT2D eigenvalue weighted by Gasteiger charge is -2.16. The highest BCUT2D eigenvalue weighted by Gasteiger charge is 2.47. The molecule has 1 aliphatic rings. The molecule has 1 fully saturated rings. The average Bonchev–Trinajstić information content (AvgIpc) is 3.09. The number of sulfone groups is 1. The van der Waals surface area contributed by atoms with Gasteiger partial charge in [0.25, 0.3) is 9.84 Å². The van der Waals surface area contributed by atoms with Gasteiger partial charge in [0.05, 0.1) is 10.4 Å². The van der Waals surface area contributed by atoms with Crippen LogP contribution in [0.2, 0.25) is 0 Å². The van der Waals surface area contributed by atoms with Crippen molar-refractivity contribution in [2.24, 2.45) is 0 Å². The SMILES string of the molecule is O=S(=O)(c1ccc(NC2(CCl)CC2)cc1)C(F)(F)F. The minimum Gasteiger partial charge on any atom is -0.378 e. The van der Waals surface area contributed by atoms with E-state index < -0.39 is 20.2 Å². The number of anilines is 1. The lowest BCUT2D eigenvalue weighted by atomic mass is 10.2. The number of rotatable bonds is 4. The minimum atomic E-state index is -5.28. The van der Waals surface area contributed by atoms with E-state index in [1.54, 1.807) is 0 Å². The molecule has 3 nitrogen and oxygen atoms in total. The Balaban J connectivity index is 2.20. The molecule has 0 amide bonds. The maximum Gasteiger partial charge on any atom is 0.501 e. The zero-order valence-electron chi connectivity index (χ0n) is 9.67. The molecule has 1 saturated carbocycles. The van der Waals surface area contributed by atoms with Crippen molar-refractivity contribution in [3.8, 4) is 0 Å². The maximum absolute atomic E-state index is 12.3. The van der Waals surface area contributed by atoms with Crippen molar-refractivity contribution in [1.82, 2.24) is 0 Å². The summed E-state index contributed by atoms with van der Waals surface area (Å²) in [5.74, 6) is 0.398.